The third kappa shape index (κ3) is 8.67. The molecule has 12 nitrogen and oxygen atoms in total. The third-order valence-corrected chi connectivity index (χ3v) is 4.89. The Morgan fingerprint density at radius 3 is 1.91 bits per heavy atom. The van der Waals surface area contributed by atoms with Gasteiger partial charge in [0.2, 0.25) is 17.7 Å². The van der Waals surface area contributed by atoms with E-state index in [1.54, 1.807) is 13.8 Å². The zero-order valence-corrected chi connectivity index (χ0v) is 18.7. The van der Waals surface area contributed by atoms with Crippen LogP contribution in [-0.4, -0.2) is 81.0 Å². The molecule has 0 aliphatic rings. The van der Waals surface area contributed by atoms with Crippen molar-refractivity contribution in [1.29, 1.82) is 0 Å². The number of aliphatic hydroxyl groups excluding tert-OH is 2. The smallest absolute Gasteiger partial charge is 0.326 e. The second kappa shape index (κ2) is 12.7. The van der Waals surface area contributed by atoms with E-state index in [-0.39, 0.29) is 18.1 Å². The molecule has 12 heteroatoms. The van der Waals surface area contributed by atoms with Gasteiger partial charge in [-0.3, -0.25) is 14.4 Å². The molecule has 184 valence electrons. The van der Waals surface area contributed by atoms with Gasteiger partial charge in [-0.2, -0.15) is 0 Å². The summed E-state index contributed by atoms with van der Waals surface area (Å²) in [6.45, 7) is 3.78. The summed E-state index contributed by atoms with van der Waals surface area (Å²) in [6.07, 6.45) is -1.47. The van der Waals surface area contributed by atoms with E-state index in [1.165, 1.54) is 31.2 Å². The number of carbonyl (C=O) groups is 4. The average molecular weight is 469 g/mol. The maximum Gasteiger partial charge on any atom is 0.326 e. The molecule has 1 rings (SSSR count). The fourth-order valence-corrected chi connectivity index (χ4v) is 2.75. The molecule has 3 amide bonds. The van der Waals surface area contributed by atoms with Crippen LogP contribution >= 0.6 is 0 Å². The Balaban J connectivity index is 2.86. The molecule has 5 atom stereocenters. The Morgan fingerprint density at radius 2 is 1.45 bits per heavy atom. The second-order valence-electron chi connectivity index (χ2n) is 8.01. The number of rotatable bonds is 12. The zero-order chi connectivity index (χ0) is 25.3. The van der Waals surface area contributed by atoms with E-state index in [9.17, 15) is 39.6 Å². The molecule has 0 heterocycles. The van der Waals surface area contributed by atoms with Crippen LogP contribution in [0.5, 0.6) is 5.75 Å². The highest BCUT2D eigenvalue weighted by molar-refractivity contribution is 5.94. The van der Waals surface area contributed by atoms with Crippen LogP contribution in [0.25, 0.3) is 0 Å². The Bertz CT molecular complexity index is 828. The van der Waals surface area contributed by atoms with Crippen molar-refractivity contribution in [3.05, 3.63) is 29.8 Å². The van der Waals surface area contributed by atoms with Crippen molar-refractivity contribution in [2.45, 2.75) is 57.5 Å². The van der Waals surface area contributed by atoms with E-state index in [2.05, 4.69) is 16.0 Å². The normalized spacial score (nSPS) is 15.6. The molecule has 33 heavy (non-hydrogen) atoms. The molecule has 1 aromatic rings. The van der Waals surface area contributed by atoms with E-state index < -0.39 is 60.6 Å². The maximum absolute atomic E-state index is 12.6. The molecule has 9 N–H and O–H groups in total. The molecule has 0 aliphatic heterocycles. The summed E-state index contributed by atoms with van der Waals surface area (Å²) in [6, 6.07) is 0.371. The van der Waals surface area contributed by atoms with Crippen LogP contribution in [0.4, 0.5) is 0 Å². The number of phenolic OH excluding ortho intramolecular Hbond substituents is 1. The standard InChI is InChI=1S/C21H32N4O8/c1-10(2)16(22)19(30)25-17(11(3)27)20(31)24-15(9-26)18(29)23-14(21(32)33)8-12-4-6-13(28)7-5-12/h4-7,10-11,14-17,26-28H,8-9,22H2,1-3H3,(H,23,29)(H,24,31)(H,25,30)(H,32,33). The molecule has 0 spiro atoms. The van der Waals surface area contributed by atoms with Gasteiger partial charge in [-0.1, -0.05) is 26.0 Å². The van der Waals surface area contributed by atoms with Gasteiger partial charge < -0.3 is 42.1 Å². The number of carbonyl (C=O) groups excluding carboxylic acids is 3. The number of nitrogens with one attached hydrogen (secondary N) is 3. The van der Waals surface area contributed by atoms with Gasteiger partial charge in [0, 0.05) is 6.42 Å². The quantitative estimate of drug-likeness (QED) is 0.167. The van der Waals surface area contributed by atoms with Crippen LogP contribution in [-0.2, 0) is 25.6 Å². The lowest BCUT2D eigenvalue weighted by Gasteiger charge is -2.26. The van der Waals surface area contributed by atoms with Gasteiger partial charge in [0.1, 0.15) is 23.9 Å². The minimum Gasteiger partial charge on any atom is -0.508 e. The van der Waals surface area contributed by atoms with Gasteiger partial charge in [0.15, 0.2) is 0 Å². The predicted molar refractivity (Wildman–Crippen MR) is 117 cm³/mol. The first-order valence-electron chi connectivity index (χ1n) is 10.3. The molecule has 0 bridgehead atoms. The van der Waals surface area contributed by atoms with Gasteiger partial charge >= 0.3 is 5.97 Å². The number of aliphatic hydroxyl groups is 2. The number of aliphatic carboxylic acids is 1. The van der Waals surface area contributed by atoms with E-state index in [4.69, 9.17) is 5.73 Å². The number of aromatic hydroxyl groups is 1. The topological polar surface area (TPSA) is 211 Å². The fraction of sp³-hybridized carbons (Fsp3) is 0.524. The highest BCUT2D eigenvalue weighted by Crippen LogP contribution is 2.11. The average Bonchev–Trinajstić information content (AvgIpc) is 2.75. The number of hydrogen-bond donors (Lipinski definition) is 8. The maximum atomic E-state index is 12.6. The summed E-state index contributed by atoms with van der Waals surface area (Å²) in [5.41, 5.74) is 6.26. The number of phenols is 1. The Hall–Kier alpha value is -3.22. The number of nitrogens with two attached hydrogens (primary N) is 1. The van der Waals surface area contributed by atoms with E-state index in [0.717, 1.165) is 0 Å². The van der Waals surface area contributed by atoms with Crippen molar-refractivity contribution in [2.75, 3.05) is 6.61 Å². The number of benzene rings is 1. The van der Waals surface area contributed by atoms with Gasteiger partial charge in [-0.15, -0.1) is 0 Å². The van der Waals surface area contributed by atoms with Crippen molar-refractivity contribution >= 4 is 23.7 Å². The van der Waals surface area contributed by atoms with E-state index >= 15 is 0 Å². The number of carboxylic acid groups (broad SMARTS) is 1. The lowest BCUT2D eigenvalue weighted by Crippen LogP contribution is -2.61. The molecule has 0 aromatic heterocycles. The molecule has 0 aliphatic carbocycles. The first kappa shape index (κ1) is 27.8. The summed E-state index contributed by atoms with van der Waals surface area (Å²) in [5.74, 6) is -4.22. The van der Waals surface area contributed by atoms with Crippen LogP contribution in [0.15, 0.2) is 24.3 Å². The van der Waals surface area contributed by atoms with Gasteiger partial charge in [-0.25, -0.2) is 4.79 Å². The molecule has 0 fully saturated rings. The molecule has 0 radical (unpaired) electrons. The van der Waals surface area contributed by atoms with Crippen LogP contribution in [0.3, 0.4) is 0 Å². The summed E-state index contributed by atoms with van der Waals surface area (Å²) in [4.78, 5) is 48.8. The van der Waals surface area contributed by atoms with Gasteiger partial charge in [0.05, 0.1) is 18.8 Å². The number of hydrogen-bond acceptors (Lipinski definition) is 8. The molecular weight excluding hydrogens is 436 g/mol. The highest BCUT2D eigenvalue weighted by Gasteiger charge is 2.32. The summed E-state index contributed by atoms with van der Waals surface area (Å²) < 4.78 is 0. The van der Waals surface area contributed by atoms with E-state index in [0.29, 0.717) is 5.56 Å². The molecule has 0 saturated carbocycles. The molecule has 5 unspecified atom stereocenters. The Morgan fingerprint density at radius 1 is 0.909 bits per heavy atom. The van der Waals surface area contributed by atoms with Crippen molar-refractivity contribution in [2.24, 2.45) is 11.7 Å². The lowest BCUT2D eigenvalue weighted by atomic mass is 10.0. The summed E-state index contributed by atoms with van der Waals surface area (Å²) in [7, 11) is 0. The Kier molecular flexibility index (Phi) is 10.7. The van der Waals surface area contributed by atoms with Gasteiger partial charge in [0.25, 0.3) is 0 Å². The van der Waals surface area contributed by atoms with Crippen molar-refractivity contribution in [3.63, 3.8) is 0 Å². The molecular formula is C21H32N4O8. The first-order valence-corrected chi connectivity index (χ1v) is 10.3. The van der Waals surface area contributed by atoms with Crippen LogP contribution in [0, 0.1) is 5.92 Å². The van der Waals surface area contributed by atoms with Crippen LogP contribution in [0.2, 0.25) is 0 Å². The van der Waals surface area contributed by atoms with Crippen molar-refractivity contribution in [1.82, 2.24) is 16.0 Å². The van der Waals surface area contributed by atoms with Gasteiger partial charge in [-0.05, 0) is 30.5 Å². The van der Waals surface area contributed by atoms with E-state index in [1.807, 2.05) is 0 Å². The highest BCUT2D eigenvalue weighted by atomic mass is 16.4. The SMILES string of the molecule is CC(C)C(N)C(=O)NC(C(=O)NC(CO)C(=O)NC(Cc1ccc(O)cc1)C(=O)O)C(C)O. The largest absolute Gasteiger partial charge is 0.508 e. The van der Waals surface area contributed by atoms with Crippen molar-refractivity contribution < 1.29 is 39.6 Å². The van der Waals surface area contributed by atoms with Crippen LogP contribution < -0.4 is 21.7 Å². The lowest BCUT2D eigenvalue weighted by molar-refractivity contribution is -0.142. The fourth-order valence-electron chi connectivity index (χ4n) is 2.75. The molecule has 1 aromatic carbocycles. The summed E-state index contributed by atoms with van der Waals surface area (Å²) >= 11 is 0. The Labute approximate surface area is 191 Å². The number of carboxylic acids is 1. The monoisotopic (exact) mass is 468 g/mol. The minimum atomic E-state index is -1.55. The molecule has 0 saturated heterocycles. The third-order valence-electron chi connectivity index (χ3n) is 4.89. The van der Waals surface area contributed by atoms with Crippen molar-refractivity contribution in [3.8, 4) is 5.75 Å². The minimum absolute atomic E-state index is 0.00757. The zero-order valence-electron chi connectivity index (χ0n) is 18.7. The van der Waals surface area contributed by atoms with Crippen LogP contribution in [0.1, 0.15) is 26.3 Å². The number of amides is 3. The second-order valence-corrected chi connectivity index (χ2v) is 8.01. The first-order chi connectivity index (χ1) is 15.4. The summed E-state index contributed by atoms with van der Waals surface area (Å²) in [5, 5.41) is 44.9. The predicted octanol–water partition coefficient (Wildman–Crippen LogP) is -2.17.